The molecule has 1 amide bonds. The quantitative estimate of drug-likeness (QED) is 0.337. The summed E-state index contributed by atoms with van der Waals surface area (Å²) in [7, 11) is 1.70. The maximum atomic E-state index is 11.6. The summed E-state index contributed by atoms with van der Waals surface area (Å²) in [5, 5.41) is 9.06. The molecule has 0 unspecified atom stereocenters. The first-order valence-corrected chi connectivity index (χ1v) is 8.18. The highest BCUT2D eigenvalue weighted by Gasteiger charge is 2.11. The SMILES string of the molecule is CCCNC(=O)CNC(=NC)NCCc1ccc2c(c1)CCO2.I. The van der Waals surface area contributed by atoms with Gasteiger partial charge in [-0.15, -0.1) is 24.0 Å². The number of benzene rings is 1. The van der Waals surface area contributed by atoms with E-state index < -0.39 is 0 Å². The number of guanidine groups is 1. The number of rotatable bonds is 7. The van der Waals surface area contributed by atoms with Gasteiger partial charge in [-0.3, -0.25) is 9.79 Å². The molecule has 0 spiro atoms. The van der Waals surface area contributed by atoms with Crippen molar-refractivity contribution in [2.24, 2.45) is 4.99 Å². The summed E-state index contributed by atoms with van der Waals surface area (Å²) < 4.78 is 5.51. The molecule has 1 aliphatic heterocycles. The van der Waals surface area contributed by atoms with Crippen LogP contribution < -0.4 is 20.7 Å². The van der Waals surface area contributed by atoms with Gasteiger partial charge in [0.15, 0.2) is 5.96 Å². The predicted molar refractivity (Wildman–Crippen MR) is 107 cm³/mol. The molecule has 7 heteroatoms. The average Bonchev–Trinajstić information content (AvgIpc) is 3.03. The zero-order valence-corrected chi connectivity index (χ0v) is 16.7. The lowest BCUT2D eigenvalue weighted by Gasteiger charge is -2.12. The predicted octanol–water partition coefficient (Wildman–Crippen LogP) is 1.47. The van der Waals surface area contributed by atoms with E-state index in [0.717, 1.165) is 38.2 Å². The molecule has 0 aromatic heterocycles. The first-order valence-electron chi connectivity index (χ1n) is 8.18. The van der Waals surface area contributed by atoms with Gasteiger partial charge in [-0.1, -0.05) is 19.1 Å². The Bertz CT molecular complexity index is 564. The van der Waals surface area contributed by atoms with E-state index in [9.17, 15) is 4.79 Å². The van der Waals surface area contributed by atoms with Crippen LogP contribution in [0.2, 0.25) is 0 Å². The zero-order valence-electron chi connectivity index (χ0n) is 14.4. The van der Waals surface area contributed by atoms with Gasteiger partial charge in [0.2, 0.25) is 5.91 Å². The number of carbonyl (C=O) groups excluding carboxylic acids is 1. The van der Waals surface area contributed by atoms with Crippen LogP contribution in [0, 0.1) is 0 Å². The van der Waals surface area contributed by atoms with E-state index >= 15 is 0 Å². The Balaban J connectivity index is 0.00000288. The van der Waals surface area contributed by atoms with E-state index in [4.69, 9.17) is 4.74 Å². The third-order valence-corrected chi connectivity index (χ3v) is 3.67. The monoisotopic (exact) mass is 446 g/mol. The van der Waals surface area contributed by atoms with Gasteiger partial charge < -0.3 is 20.7 Å². The van der Waals surface area contributed by atoms with Crippen molar-refractivity contribution in [1.29, 1.82) is 0 Å². The minimum Gasteiger partial charge on any atom is -0.493 e. The molecule has 0 saturated carbocycles. The molecule has 0 bridgehead atoms. The van der Waals surface area contributed by atoms with Crippen LogP contribution >= 0.6 is 24.0 Å². The van der Waals surface area contributed by atoms with Gasteiger partial charge in [0.1, 0.15) is 5.75 Å². The van der Waals surface area contributed by atoms with Crippen molar-refractivity contribution in [3.63, 3.8) is 0 Å². The molecule has 6 nitrogen and oxygen atoms in total. The number of fused-ring (bicyclic) bond motifs is 1. The normalized spacial score (nSPS) is 12.7. The highest BCUT2D eigenvalue weighted by Crippen LogP contribution is 2.25. The molecule has 1 aromatic rings. The van der Waals surface area contributed by atoms with Gasteiger partial charge >= 0.3 is 0 Å². The van der Waals surface area contributed by atoms with Crippen molar-refractivity contribution in [1.82, 2.24) is 16.0 Å². The minimum atomic E-state index is -0.0200. The van der Waals surface area contributed by atoms with E-state index in [1.165, 1.54) is 11.1 Å². The number of nitrogens with one attached hydrogen (secondary N) is 3. The Morgan fingerprint density at radius 2 is 2.08 bits per heavy atom. The van der Waals surface area contributed by atoms with E-state index in [0.29, 0.717) is 12.5 Å². The van der Waals surface area contributed by atoms with Crippen LogP contribution in [0.3, 0.4) is 0 Å². The Kier molecular flexibility index (Phi) is 9.51. The molecule has 134 valence electrons. The Morgan fingerprint density at radius 3 is 2.83 bits per heavy atom. The van der Waals surface area contributed by atoms with E-state index in [-0.39, 0.29) is 36.4 Å². The molecule has 2 rings (SSSR count). The summed E-state index contributed by atoms with van der Waals surface area (Å²) in [6.45, 7) is 4.51. The van der Waals surface area contributed by atoms with Crippen LogP contribution in [0.25, 0.3) is 0 Å². The summed E-state index contributed by atoms with van der Waals surface area (Å²) in [5.74, 6) is 1.63. The maximum absolute atomic E-state index is 11.6. The van der Waals surface area contributed by atoms with Crippen molar-refractivity contribution < 1.29 is 9.53 Å². The number of nitrogens with zero attached hydrogens (tertiary/aromatic N) is 1. The van der Waals surface area contributed by atoms with Crippen LogP contribution in [0.15, 0.2) is 23.2 Å². The number of aliphatic imine (C=N–C) groups is 1. The largest absolute Gasteiger partial charge is 0.493 e. The Labute approximate surface area is 160 Å². The van der Waals surface area contributed by atoms with Crippen LogP contribution in [0.1, 0.15) is 24.5 Å². The number of hydrogen-bond donors (Lipinski definition) is 3. The van der Waals surface area contributed by atoms with Gasteiger partial charge in [-0.25, -0.2) is 0 Å². The molecule has 0 fully saturated rings. The summed E-state index contributed by atoms with van der Waals surface area (Å²) in [6, 6.07) is 6.35. The summed E-state index contributed by atoms with van der Waals surface area (Å²) in [6.07, 6.45) is 2.83. The minimum absolute atomic E-state index is 0. The summed E-state index contributed by atoms with van der Waals surface area (Å²) >= 11 is 0. The maximum Gasteiger partial charge on any atom is 0.239 e. The topological polar surface area (TPSA) is 74.8 Å². The standard InChI is InChI=1S/C17H26N4O2.HI/c1-3-8-19-16(22)12-21-17(18-2)20-9-6-13-4-5-15-14(11-13)7-10-23-15;/h4-5,11H,3,6-10,12H2,1-2H3,(H,19,22)(H2,18,20,21);1H. The van der Waals surface area contributed by atoms with Gasteiger partial charge in [0.05, 0.1) is 13.2 Å². The number of ether oxygens (including phenoxy) is 1. The first-order chi connectivity index (χ1) is 11.2. The molecule has 3 N–H and O–H groups in total. The fourth-order valence-electron chi connectivity index (χ4n) is 2.43. The molecular weight excluding hydrogens is 419 g/mol. The molecule has 0 radical (unpaired) electrons. The fourth-order valence-corrected chi connectivity index (χ4v) is 2.43. The van der Waals surface area contributed by atoms with Crippen LogP contribution in [0.5, 0.6) is 5.75 Å². The second-order valence-corrected chi connectivity index (χ2v) is 5.49. The third kappa shape index (κ3) is 6.54. The lowest BCUT2D eigenvalue weighted by molar-refractivity contribution is -0.120. The molecule has 1 aliphatic rings. The lowest BCUT2D eigenvalue weighted by Crippen LogP contribution is -2.43. The fraction of sp³-hybridized carbons (Fsp3) is 0.529. The first kappa shape index (κ1) is 20.5. The highest BCUT2D eigenvalue weighted by molar-refractivity contribution is 14.0. The second kappa shape index (κ2) is 11.1. The molecule has 24 heavy (non-hydrogen) atoms. The molecular formula is C17H27IN4O2. The van der Waals surface area contributed by atoms with Crippen LogP contribution in [-0.2, 0) is 17.6 Å². The van der Waals surface area contributed by atoms with E-state index in [1.807, 2.05) is 13.0 Å². The smallest absolute Gasteiger partial charge is 0.239 e. The summed E-state index contributed by atoms with van der Waals surface area (Å²) in [4.78, 5) is 15.7. The average molecular weight is 446 g/mol. The second-order valence-electron chi connectivity index (χ2n) is 5.49. The molecule has 1 heterocycles. The van der Waals surface area contributed by atoms with Gasteiger partial charge in [0, 0.05) is 26.6 Å². The van der Waals surface area contributed by atoms with Crippen molar-refractivity contribution in [3.05, 3.63) is 29.3 Å². The lowest BCUT2D eigenvalue weighted by atomic mass is 10.1. The van der Waals surface area contributed by atoms with Crippen molar-refractivity contribution in [2.75, 3.05) is 33.3 Å². The summed E-state index contributed by atoms with van der Waals surface area (Å²) in [5.41, 5.74) is 2.57. The van der Waals surface area contributed by atoms with E-state index in [1.54, 1.807) is 7.05 Å². The molecule has 1 aromatic carbocycles. The van der Waals surface area contributed by atoms with Gasteiger partial charge in [-0.2, -0.15) is 0 Å². The van der Waals surface area contributed by atoms with Gasteiger partial charge in [0.25, 0.3) is 0 Å². The van der Waals surface area contributed by atoms with Crippen LogP contribution in [0.4, 0.5) is 0 Å². The number of hydrogen-bond acceptors (Lipinski definition) is 3. The highest BCUT2D eigenvalue weighted by atomic mass is 127. The van der Waals surface area contributed by atoms with Crippen molar-refractivity contribution in [2.45, 2.75) is 26.2 Å². The zero-order chi connectivity index (χ0) is 16.5. The third-order valence-electron chi connectivity index (χ3n) is 3.67. The number of halogens is 1. The van der Waals surface area contributed by atoms with Gasteiger partial charge in [-0.05, 0) is 30.0 Å². The Morgan fingerprint density at radius 1 is 1.25 bits per heavy atom. The molecule has 0 atom stereocenters. The van der Waals surface area contributed by atoms with Crippen molar-refractivity contribution >= 4 is 35.8 Å². The van der Waals surface area contributed by atoms with E-state index in [2.05, 4.69) is 33.1 Å². The number of amides is 1. The Hall–Kier alpha value is -1.51. The van der Waals surface area contributed by atoms with Crippen LogP contribution in [-0.4, -0.2) is 45.2 Å². The van der Waals surface area contributed by atoms with Crippen molar-refractivity contribution in [3.8, 4) is 5.75 Å². The molecule has 0 aliphatic carbocycles. The molecule has 0 saturated heterocycles. The number of carbonyl (C=O) groups is 1.